The van der Waals surface area contributed by atoms with E-state index in [2.05, 4.69) is 4.74 Å². The van der Waals surface area contributed by atoms with Crippen LogP contribution >= 0.6 is 0 Å². The second kappa shape index (κ2) is 7.40. The summed E-state index contributed by atoms with van der Waals surface area (Å²) in [4.78, 5) is 12.1. The van der Waals surface area contributed by atoms with Crippen LogP contribution in [0.1, 0.15) is 15.9 Å². The molecule has 0 aliphatic rings. The fourth-order valence-corrected chi connectivity index (χ4v) is 1.91. The van der Waals surface area contributed by atoms with E-state index in [1.54, 1.807) is 18.2 Å². The number of halogens is 2. The van der Waals surface area contributed by atoms with Crippen molar-refractivity contribution in [3.05, 3.63) is 59.7 Å². The number of carbonyl (C=O) groups is 1. The molecule has 2 aromatic carbocycles. The number of hydrogen-bond acceptors (Lipinski definition) is 4. The van der Waals surface area contributed by atoms with E-state index in [1.165, 1.54) is 43.5 Å². The third kappa shape index (κ3) is 4.29. The summed E-state index contributed by atoms with van der Waals surface area (Å²) in [6, 6.07) is 10.3. The topological polar surface area (TPSA) is 55.8 Å². The highest BCUT2D eigenvalue weighted by Crippen LogP contribution is 2.27. The Labute approximate surface area is 131 Å². The van der Waals surface area contributed by atoms with Gasteiger partial charge in [0.15, 0.2) is 17.3 Å². The monoisotopic (exact) mass is 320 g/mol. The van der Waals surface area contributed by atoms with Crippen LogP contribution in [-0.4, -0.2) is 24.6 Å². The van der Waals surface area contributed by atoms with Gasteiger partial charge in [-0.1, -0.05) is 18.2 Å². The van der Waals surface area contributed by atoms with Gasteiger partial charge in [-0.05, 0) is 36.4 Å². The summed E-state index contributed by atoms with van der Waals surface area (Å²) in [6.07, 6.45) is 2.62. The highest BCUT2D eigenvalue weighted by atomic mass is 19.3. The van der Waals surface area contributed by atoms with Crippen molar-refractivity contribution in [2.45, 2.75) is 6.61 Å². The van der Waals surface area contributed by atoms with Crippen molar-refractivity contribution < 1.29 is 28.2 Å². The molecule has 2 rings (SSSR count). The molecular weight excluding hydrogens is 306 g/mol. The Kier molecular flexibility index (Phi) is 5.30. The van der Waals surface area contributed by atoms with Crippen molar-refractivity contribution >= 4 is 11.9 Å². The first-order chi connectivity index (χ1) is 11.0. The molecule has 0 saturated heterocycles. The molecule has 0 bridgehead atoms. The molecule has 0 radical (unpaired) electrons. The van der Waals surface area contributed by atoms with Crippen molar-refractivity contribution in [1.82, 2.24) is 0 Å². The molecule has 0 aromatic heterocycles. The van der Waals surface area contributed by atoms with Gasteiger partial charge in [0.05, 0.1) is 7.11 Å². The molecule has 120 valence electrons. The number of hydrogen-bond donors (Lipinski definition) is 1. The second-order valence-electron chi connectivity index (χ2n) is 4.50. The Morgan fingerprint density at radius 1 is 1.17 bits per heavy atom. The van der Waals surface area contributed by atoms with Crippen molar-refractivity contribution in [3.8, 4) is 17.2 Å². The molecule has 0 unspecified atom stereocenters. The van der Waals surface area contributed by atoms with E-state index in [1.807, 2.05) is 0 Å². The number of phenols is 1. The average molecular weight is 320 g/mol. The molecule has 0 amide bonds. The first-order valence-electron chi connectivity index (χ1n) is 6.64. The number of ketones is 1. The normalized spacial score (nSPS) is 11.0. The number of rotatable bonds is 6. The predicted octanol–water partition coefficient (Wildman–Crippen LogP) is 3.90. The van der Waals surface area contributed by atoms with Crippen molar-refractivity contribution in [2.75, 3.05) is 7.11 Å². The predicted molar refractivity (Wildman–Crippen MR) is 81.1 cm³/mol. The SMILES string of the molecule is COc1cc(C(=O)/C=C/c2ccccc2OC(F)F)ccc1O. The summed E-state index contributed by atoms with van der Waals surface area (Å²) in [5.41, 5.74) is 0.648. The Morgan fingerprint density at radius 2 is 1.91 bits per heavy atom. The third-order valence-electron chi connectivity index (χ3n) is 3.01. The molecule has 0 aliphatic carbocycles. The maximum Gasteiger partial charge on any atom is 0.387 e. The van der Waals surface area contributed by atoms with Gasteiger partial charge < -0.3 is 14.6 Å². The Bertz CT molecular complexity index is 726. The van der Waals surface area contributed by atoms with Gasteiger partial charge in [-0.15, -0.1) is 0 Å². The van der Waals surface area contributed by atoms with E-state index in [4.69, 9.17) is 4.74 Å². The van der Waals surface area contributed by atoms with Crippen LogP contribution in [0.4, 0.5) is 8.78 Å². The minimum Gasteiger partial charge on any atom is -0.504 e. The molecule has 0 aliphatic heterocycles. The molecule has 0 spiro atoms. The minimum absolute atomic E-state index is 0.0187. The van der Waals surface area contributed by atoms with Crippen LogP contribution in [0, 0.1) is 0 Å². The molecular formula is C17H14F2O4. The Balaban J connectivity index is 2.22. The maximum atomic E-state index is 12.3. The number of aromatic hydroxyl groups is 1. The van der Waals surface area contributed by atoms with Crippen molar-refractivity contribution in [2.24, 2.45) is 0 Å². The molecule has 0 heterocycles. The van der Waals surface area contributed by atoms with Crippen LogP contribution in [0.15, 0.2) is 48.5 Å². The summed E-state index contributed by atoms with van der Waals surface area (Å²) < 4.78 is 34.0. The maximum absolute atomic E-state index is 12.3. The fourth-order valence-electron chi connectivity index (χ4n) is 1.91. The first-order valence-corrected chi connectivity index (χ1v) is 6.64. The number of para-hydroxylation sites is 1. The number of phenolic OH excluding ortho intramolecular Hbond substituents is 1. The summed E-state index contributed by atoms with van der Waals surface area (Å²) >= 11 is 0. The largest absolute Gasteiger partial charge is 0.504 e. The molecule has 0 atom stereocenters. The molecule has 23 heavy (non-hydrogen) atoms. The van der Waals surface area contributed by atoms with Gasteiger partial charge in [-0.25, -0.2) is 0 Å². The quantitative estimate of drug-likeness (QED) is 0.648. The highest BCUT2D eigenvalue weighted by molar-refractivity contribution is 6.07. The number of ether oxygens (including phenoxy) is 2. The van der Waals surface area contributed by atoms with Crippen LogP contribution in [0.25, 0.3) is 6.08 Å². The van der Waals surface area contributed by atoms with E-state index >= 15 is 0 Å². The number of carbonyl (C=O) groups excluding carboxylic acids is 1. The van der Waals surface area contributed by atoms with Crippen LogP contribution < -0.4 is 9.47 Å². The van der Waals surface area contributed by atoms with E-state index in [-0.39, 0.29) is 23.0 Å². The van der Waals surface area contributed by atoms with E-state index < -0.39 is 6.61 Å². The molecule has 0 saturated carbocycles. The zero-order chi connectivity index (χ0) is 16.8. The lowest BCUT2D eigenvalue weighted by molar-refractivity contribution is -0.0499. The number of alkyl halides is 2. The molecule has 1 N–H and O–H groups in total. The third-order valence-corrected chi connectivity index (χ3v) is 3.01. The van der Waals surface area contributed by atoms with Gasteiger partial charge in [0.25, 0.3) is 0 Å². The smallest absolute Gasteiger partial charge is 0.387 e. The lowest BCUT2D eigenvalue weighted by atomic mass is 10.1. The van der Waals surface area contributed by atoms with Crippen LogP contribution in [-0.2, 0) is 0 Å². The molecule has 6 heteroatoms. The standard InChI is InChI=1S/C17H14F2O4/c1-22-16-10-12(7-9-14(16)21)13(20)8-6-11-4-2-3-5-15(11)23-17(18)19/h2-10,17,21H,1H3/b8-6+. The van der Waals surface area contributed by atoms with Gasteiger partial charge in [0, 0.05) is 11.1 Å². The summed E-state index contributed by atoms with van der Waals surface area (Å²) in [6.45, 7) is -2.94. The number of allylic oxidation sites excluding steroid dienone is 1. The zero-order valence-corrected chi connectivity index (χ0v) is 12.2. The number of methoxy groups -OCH3 is 1. The van der Waals surface area contributed by atoms with Gasteiger partial charge in [-0.3, -0.25) is 4.79 Å². The molecule has 4 nitrogen and oxygen atoms in total. The summed E-state index contributed by atoms with van der Waals surface area (Å²) in [5, 5.41) is 9.50. The van der Waals surface area contributed by atoms with E-state index in [9.17, 15) is 18.7 Å². The lowest BCUT2D eigenvalue weighted by Gasteiger charge is -2.07. The Hall–Kier alpha value is -2.89. The highest BCUT2D eigenvalue weighted by Gasteiger charge is 2.09. The van der Waals surface area contributed by atoms with Gasteiger partial charge in [0.2, 0.25) is 0 Å². The van der Waals surface area contributed by atoms with Crippen molar-refractivity contribution in [3.63, 3.8) is 0 Å². The van der Waals surface area contributed by atoms with E-state index in [0.717, 1.165) is 0 Å². The fraction of sp³-hybridized carbons (Fsp3) is 0.118. The molecule has 2 aromatic rings. The summed E-state index contributed by atoms with van der Waals surface area (Å²) in [7, 11) is 1.37. The zero-order valence-electron chi connectivity index (χ0n) is 12.2. The average Bonchev–Trinajstić information content (AvgIpc) is 2.53. The van der Waals surface area contributed by atoms with Gasteiger partial charge in [0.1, 0.15) is 5.75 Å². The second-order valence-corrected chi connectivity index (χ2v) is 4.50. The summed E-state index contributed by atoms with van der Waals surface area (Å²) in [5.74, 6) is -0.292. The van der Waals surface area contributed by atoms with Crippen molar-refractivity contribution in [1.29, 1.82) is 0 Å². The Morgan fingerprint density at radius 3 is 2.61 bits per heavy atom. The number of benzene rings is 2. The van der Waals surface area contributed by atoms with Crippen LogP contribution in [0.5, 0.6) is 17.2 Å². The minimum atomic E-state index is -2.94. The van der Waals surface area contributed by atoms with Gasteiger partial charge >= 0.3 is 6.61 Å². The van der Waals surface area contributed by atoms with Gasteiger partial charge in [-0.2, -0.15) is 8.78 Å². The lowest BCUT2D eigenvalue weighted by Crippen LogP contribution is -2.03. The van der Waals surface area contributed by atoms with E-state index in [0.29, 0.717) is 11.1 Å². The van der Waals surface area contributed by atoms with Crippen LogP contribution in [0.3, 0.4) is 0 Å². The first kappa shape index (κ1) is 16.5. The molecule has 0 fully saturated rings. The van der Waals surface area contributed by atoms with Crippen LogP contribution in [0.2, 0.25) is 0 Å².